The molecular formula is C15H10F4O2. The van der Waals surface area contributed by atoms with Gasteiger partial charge in [0.1, 0.15) is 0 Å². The van der Waals surface area contributed by atoms with E-state index in [1.54, 1.807) is 0 Å². The third kappa shape index (κ3) is 3.21. The van der Waals surface area contributed by atoms with Crippen molar-refractivity contribution in [2.24, 2.45) is 0 Å². The average Bonchev–Trinajstić information content (AvgIpc) is 2.45. The molecule has 0 fully saturated rings. The van der Waals surface area contributed by atoms with Crippen LogP contribution in [0.25, 0.3) is 0 Å². The standard InChI is InChI=1S/C15H10F4O2/c16-13(11-3-1-2-4-12(11)14(20)21)9-5-7-10(8-6-9)15(17,18)19/h1-8,13H,(H,20,21). The summed E-state index contributed by atoms with van der Waals surface area (Å²) in [7, 11) is 0. The molecule has 1 atom stereocenters. The predicted octanol–water partition coefficient (Wildman–Crippen LogP) is 4.46. The van der Waals surface area contributed by atoms with E-state index in [9.17, 15) is 22.4 Å². The van der Waals surface area contributed by atoms with Crippen molar-refractivity contribution in [1.29, 1.82) is 0 Å². The SMILES string of the molecule is O=C(O)c1ccccc1C(F)c1ccc(C(F)(F)F)cc1. The number of carbonyl (C=O) groups is 1. The van der Waals surface area contributed by atoms with Crippen LogP contribution in [0.3, 0.4) is 0 Å². The Morgan fingerprint density at radius 1 is 1.00 bits per heavy atom. The molecular weight excluding hydrogens is 288 g/mol. The van der Waals surface area contributed by atoms with Crippen molar-refractivity contribution in [2.75, 3.05) is 0 Å². The van der Waals surface area contributed by atoms with E-state index < -0.39 is 23.9 Å². The van der Waals surface area contributed by atoms with E-state index in [2.05, 4.69) is 0 Å². The molecule has 1 N–H and O–H groups in total. The number of rotatable bonds is 3. The number of halogens is 4. The van der Waals surface area contributed by atoms with Crippen LogP contribution >= 0.6 is 0 Å². The maximum absolute atomic E-state index is 14.4. The van der Waals surface area contributed by atoms with Crippen molar-refractivity contribution < 1.29 is 27.5 Å². The van der Waals surface area contributed by atoms with Gasteiger partial charge < -0.3 is 5.11 Å². The van der Waals surface area contributed by atoms with Crippen molar-refractivity contribution in [3.05, 3.63) is 70.8 Å². The Morgan fingerprint density at radius 2 is 1.57 bits per heavy atom. The molecule has 21 heavy (non-hydrogen) atoms. The lowest BCUT2D eigenvalue weighted by Gasteiger charge is -2.13. The molecule has 1 unspecified atom stereocenters. The third-order valence-electron chi connectivity index (χ3n) is 2.99. The van der Waals surface area contributed by atoms with E-state index >= 15 is 0 Å². The minimum Gasteiger partial charge on any atom is -0.478 e. The number of hydrogen-bond acceptors (Lipinski definition) is 1. The van der Waals surface area contributed by atoms with Gasteiger partial charge >= 0.3 is 12.1 Å². The third-order valence-corrected chi connectivity index (χ3v) is 2.99. The fourth-order valence-electron chi connectivity index (χ4n) is 1.93. The highest BCUT2D eigenvalue weighted by atomic mass is 19.4. The molecule has 6 heteroatoms. The summed E-state index contributed by atoms with van der Waals surface area (Å²) in [6, 6.07) is 9.01. The number of hydrogen-bond donors (Lipinski definition) is 1. The van der Waals surface area contributed by atoms with Gasteiger partial charge in [-0.3, -0.25) is 0 Å². The van der Waals surface area contributed by atoms with Gasteiger partial charge in [0.15, 0.2) is 6.17 Å². The van der Waals surface area contributed by atoms with Crippen LogP contribution in [-0.2, 0) is 6.18 Å². The molecule has 2 rings (SSSR count). The Hall–Kier alpha value is -2.37. The normalized spacial score (nSPS) is 13.0. The van der Waals surface area contributed by atoms with Gasteiger partial charge in [0.2, 0.25) is 0 Å². The lowest BCUT2D eigenvalue weighted by molar-refractivity contribution is -0.137. The number of alkyl halides is 4. The molecule has 2 nitrogen and oxygen atoms in total. The molecule has 0 amide bonds. The van der Waals surface area contributed by atoms with Gasteiger partial charge in [-0.2, -0.15) is 13.2 Å². The van der Waals surface area contributed by atoms with Crippen LogP contribution in [0.1, 0.15) is 33.2 Å². The molecule has 0 heterocycles. The first-order valence-corrected chi connectivity index (χ1v) is 5.94. The number of carboxylic acids is 1. The molecule has 2 aromatic carbocycles. The maximum atomic E-state index is 14.4. The van der Waals surface area contributed by atoms with Crippen LogP contribution in [-0.4, -0.2) is 11.1 Å². The van der Waals surface area contributed by atoms with E-state index in [1.807, 2.05) is 0 Å². The molecule has 0 aromatic heterocycles. The van der Waals surface area contributed by atoms with Gasteiger partial charge in [0.25, 0.3) is 0 Å². The zero-order valence-electron chi connectivity index (χ0n) is 10.6. The number of carboxylic acid groups (broad SMARTS) is 1. The predicted molar refractivity (Wildman–Crippen MR) is 67.8 cm³/mol. The second kappa shape index (κ2) is 5.55. The molecule has 0 spiro atoms. The van der Waals surface area contributed by atoms with Crippen molar-refractivity contribution in [3.8, 4) is 0 Å². The van der Waals surface area contributed by atoms with Crippen LogP contribution < -0.4 is 0 Å². The summed E-state index contributed by atoms with van der Waals surface area (Å²) in [4.78, 5) is 11.0. The van der Waals surface area contributed by atoms with Crippen LogP contribution in [0.15, 0.2) is 48.5 Å². The molecule has 0 bridgehead atoms. The Balaban J connectivity index is 2.37. The Kier molecular flexibility index (Phi) is 3.97. The summed E-state index contributed by atoms with van der Waals surface area (Å²) in [5.74, 6) is -1.29. The van der Waals surface area contributed by atoms with Crippen molar-refractivity contribution in [2.45, 2.75) is 12.3 Å². The van der Waals surface area contributed by atoms with Crippen molar-refractivity contribution in [3.63, 3.8) is 0 Å². The molecule has 0 aliphatic rings. The van der Waals surface area contributed by atoms with Crippen LogP contribution in [0.4, 0.5) is 17.6 Å². The molecule has 0 saturated heterocycles. The highest BCUT2D eigenvalue weighted by molar-refractivity contribution is 5.89. The first-order valence-electron chi connectivity index (χ1n) is 5.94. The molecule has 0 saturated carbocycles. The van der Waals surface area contributed by atoms with E-state index in [4.69, 9.17) is 5.11 Å². The summed E-state index contributed by atoms with van der Waals surface area (Å²) in [5, 5.41) is 9.00. The maximum Gasteiger partial charge on any atom is 0.416 e. The fraction of sp³-hybridized carbons (Fsp3) is 0.133. The van der Waals surface area contributed by atoms with E-state index in [0.29, 0.717) is 0 Å². The summed E-state index contributed by atoms with van der Waals surface area (Å²) in [6.45, 7) is 0. The molecule has 0 radical (unpaired) electrons. The van der Waals surface area contributed by atoms with Gasteiger partial charge in [0, 0.05) is 5.56 Å². The Labute approximate surface area is 117 Å². The average molecular weight is 298 g/mol. The number of benzene rings is 2. The highest BCUT2D eigenvalue weighted by Crippen LogP contribution is 2.33. The first-order chi connectivity index (χ1) is 9.80. The Morgan fingerprint density at radius 3 is 2.10 bits per heavy atom. The zero-order valence-corrected chi connectivity index (χ0v) is 10.6. The minimum absolute atomic E-state index is 0.0308. The second-order valence-electron chi connectivity index (χ2n) is 4.37. The van der Waals surface area contributed by atoms with Crippen LogP contribution in [0.2, 0.25) is 0 Å². The fourth-order valence-corrected chi connectivity index (χ4v) is 1.93. The zero-order chi connectivity index (χ0) is 15.6. The summed E-state index contributed by atoms with van der Waals surface area (Å²) < 4.78 is 51.7. The van der Waals surface area contributed by atoms with Crippen molar-refractivity contribution >= 4 is 5.97 Å². The van der Waals surface area contributed by atoms with E-state index in [0.717, 1.165) is 24.3 Å². The van der Waals surface area contributed by atoms with Crippen molar-refractivity contribution in [1.82, 2.24) is 0 Å². The smallest absolute Gasteiger partial charge is 0.416 e. The van der Waals surface area contributed by atoms with Gasteiger partial charge in [-0.25, -0.2) is 9.18 Å². The molecule has 110 valence electrons. The summed E-state index contributed by atoms with van der Waals surface area (Å²) in [5.41, 5.74) is -1.23. The lowest BCUT2D eigenvalue weighted by Crippen LogP contribution is -2.07. The van der Waals surface area contributed by atoms with Gasteiger partial charge in [-0.1, -0.05) is 30.3 Å². The topological polar surface area (TPSA) is 37.3 Å². The first kappa shape index (κ1) is 15.0. The number of aromatic carboxylic acids is 1. The van der Waals surface area contributed by atoms with Gasteiger partial charge in [-0.05, 0) is 23.8 Å². The van der Waals surface area contributed by atoms with Gasteiger partial charge in [0.05, 0.1) is 11.1 Å². The quantitative estimate of drug-likeness (QED) is 0.849. The molecule has 0 aliphatic carbocycles. The van der Waals surface area contributed by atoms with Crippen LogP contribution in [0.5, 0.6) is 0 Å². The highest BCUT2D eigenvalue weighted by Gasteiger charge is 2.30. The largest absolute Gasteiger partial charge is 0.478 e. The molecule has 2 aromatic rings. The lowest BCUT2D eigenvalue weighted by atomic mass is 9.97. The van der Waals surface area contributed by atoms with Crippen LogP contribution in [0, 0.1) is 0 Å². The summed E-state index contributed by atoms with van der Waals surface area (Å²) >= 11 is 0. The van der Waals surface area contributed by atoms with Gasteiger partial charge in [-0.15, -0.1) is 0 Å². The molecule has 0 aliphatic heterocycles. The summed E-state index contributed by atoms with van der Waals surface area (Å²) in [6.07, 6.45) is -6.30. The second-order valence-corrected chi connectivity index (χ2v) is 4.37. The van der Waals surface area contributed by atoms with E-state index in [1.165, 1.54) is 24.3 Å². The Bertz CT molecular complexity index is 647. The van der Waals surface area contributed by atoms with E-state index in [-0.39, 0.29) is 16.7 Å². The minimum atomic E-state index is -4.50. The monoisotopic (exact) mass is 298 g/mol.